The Kier molecular flexibility index (Phi) is 5.77. The Morgan fingerprint density at radius 3 is 2.83 bits per heavy atom. The Hall–Kier alpha value is -2.43. The number of hydrogen-bond acceptors (Lipinski definition) is 5. The molecule has 0 bridgehead atoms. The first kappa shape index (κ1) is 16.4. The van der Waals surface area contributed by atoms with E-state index in [9.17, 15) is 0 Å². The van der Waals surface area contributed by atoms with Gasteiger partial charge in [0.15, 0.2) is 5.82 Å². The van der Waals surface area contributed by atoms with E-state index in [2.05, 4.69) is 50.9 Å². The van der Waals surface area contributed by atoms with Crippen LogP contribution in [0.3, 0.4) is 0 Å². The maximum Gasteiger partial charge on any atom is 0.245 e. The zero-order valence-electron chi connectivity index (χ0n) is 14.2. The van der Waals surface area contributed by atoms with Crippen LogP contribution in [0, 0.1) is 0 Å². The Labute approximate surface area is 143 Å². The average Bonchev–Trinajstić information content (AvgIpc) is 2.64. The number of benzene rings is 1. The topological polar surface area (TPSA) is 62.7 Å². The lowest BCUT2D eigenvalue weighted by molar-refractivity contribution is 0.679. The van der Waals surface area contributed by atoms with E-state index >= 15 is 0 Å². The summed E-state index contributed by atoms with van der Waals surface area (Å²) in [6.45, 7) is 2.98. The standard InChI is InChI=1S/C19H25N5/c1-15(17-10-6-3-7-11-17)22-19-23-18(14-21-24-19)20-13-12-16-8-4-2-5-9-16/h3,6-8,10-11,14-15H,2,4-5,9,12-13H2,1H3,(H2,20,22,23,24). The van der Waals surface area contributed by atoms with Crippen molar-refractivity contribution in [2.75, 3.05) is 17.2 Å². The maximum absolute atomic E-state index is 4.51. The summed E-state index contributed by atoms with van der Waals surface area (Å²) >= 11 is 0. The molecule has 0 aliphatic heterocycles. The van der Waals surface area contributed by atoms with Crippen LogP contribution in [0.1, 0.15) is 50.6 Å². The summed E-state index contributed by atoms with van der Waals surface area (Å²) in [4.78, 5) is 4.51. The van der Waals surface area contributed by atoms with E-state index in [4.69, 9.17) is 0 Å². The molecule has 2 N–H and O–H groups in total. The Balaban J connectivity index is 1.53. The summed E-state index contributed by atoms with van der Waals surface area (Å²) in [6, 6.07) is 10.4. The van der Waals surface area contributed by atoms with E-state index in [-0.39, 0.29) is 6.04 Å². The Bertz CT molecular complexity index is 668. The van der Waals surface area contributed by atoms with Crippen molar-refractivity contribution in [1.29, 1.82) is 0 Å². The number of allylic oxidation sites excluding steroid dienone is 1. The first-order chi connectivity index (χ1) is 11.8. The zero-order valence-corrected chi connectivity index (χ0v) is 14.2. The van der Waals surface area contributed by atoms with Gasteiger partial charge in [0.25, 0.3) is 0 Å². The predicted molar refractivity (Wildman–Crippen MR) is 98.0 cm³/mol. The lowest BCUT2D eigenvalue weighted by atomic mass is 9.97. The van der Waals surface area contributed by atoms with Gasteiger partial charge in [-0.1, -0.05) is 42.0 Å². The summed E-state index contributed by atoms with van der Waals surface area (Å²) in [5.74, 6) is 1.32. The third-order valence-corrected chi connectivity index (χ3v) is 4.34. The third-order valence-electron chi connectivity index (χ3n) is 4.34. The number of nitrogens with one attached hydrogen (secondary N) is 2. The molecule has 0 amide bonds. The minimum atomic E-state index is 0.135. The molecule has 1 aromatic carbocycles. The molecule has 24 heavy (non-hydrogen) atoms. The molecule has 126 valence electrons. The molecule has 1 heterocycles. The molecule has 5 nitrogen and oxygen atoms in total. The summed E-state index contributed by atoms with van der Waals surface area (Å²) in [5.41, 5.74) is 2.76. The van der Waals surface area contributed by atoms with E-state index in [1.54, 1.807) is 11.8 Å². The van der Waals surface area contributed by atoms with Gasteiger partial charge in [-0.2, -0.15) is 10.1 Å². The van der Waals surface area contributed by atoms with Gasteiger partial charge < -0.3 is 10.6 Å². The summed E-state index contributed by atoms with van der Waals surface area (Å²) in [5, 5.41) is 14.8. The van der Waals surface area contributed by atoms with E-state index in [1.807, 2.05) is 18.2 Å². The monoisotopic (exact) mass is 323 g/mol. The molecule has 0 radical (unpaired) electrons. The van der Waals surface area contributed by atoms with E-state index in [1.165, 1.54) is 31.2 Å². The fraction of sp³-hybridized carbons (Fsp3) is 0.421. The molecule has 5 heteroatoms. The first-order valence-electron chi connectivity index (χ1n) is 8.74. The molecule has 0 saturated heterocycles. The Morgan fingerprint density at radius 2 is 2.04 bits per heavy atom. The smallest absolute Gasteiger partial charge is 0.245 e. The van der Waals surface area contributed by atoms with E-state index in [0.29, 0.717) is 5.95 Å². The molecule has 1 aliphatic carbocycles. The van der Waals surface area contributed by atoms with Crippen molar-refractivity contribution in [3.8, 4) is 0 Å². The van der Waals surface area contributed by atoms with Crippen molar-refractivity contribution in [3.63, 3.8) is 0 Å². The highest BCUT2D eigenvalue weighted by molar-refractivity contribution is 5.39. The molecular weight excluding hydrogens is 298 g/mol. The van der Waals surface area contributed by atoms with Crippen molar-refractivity contribution in [1.82, 2.24) is 15.2 Å². The largest absolute Gasteiger partial charge is 0.368 e. The maximum atomic E-state index is 4.51. The van der Waals surface area contributed by atoms with Gasteiger partial charge in [0, 0.05) is 6.54 Å². The molecule has 1 aliphatic rings. The number of anilines is 2. The van der Waals surface area contributed by atoms with E-state index in [0.717, 1.165) is 18.8 Å². The minimum absolute atomic E-state index is 0.135. The van der Waals surface area contributed by atoms with Gasteiger partial charge in [-0.15, -0.1) is 5.10 Å². The van der Waals surface area contributed by atoms with Crippen LogP contribution in [0.15, 0.2) is 48.2 Å². The van der Waals surface area contributed by atoms with Gasteiger partial charge in [-0.3, -0.25) is 0 Å². The highest BCUT2D eigenvalue weighted by Crippen LogP contribution is 2.20. The van der Waals surface area contributed by atoms with Crippen LogP contribution in [0.25, 0.3) is 0 Å². The van der Waals surface area contributed by atoms with Crippen molar-refractivity contribution >= 4 is 11.8 Å². The van der Waals surface area contributed by atoms with Crippen LogP contribution in [0.2, 0.25) is 0 Å². The van der Waals surface area contributed by atoms with Gasteiger partial charge in [0.05, 0.1) is 12.2 Å². The lowest BCUT2D eigenvalue weighted by Crippen LogP contribution is -2.12. The lowest BCUT2D eigenvalue weighted by Gasteiger charge is -2.15. The van der Waals surface area contributed by atoms with Crippen LogP contribution >= 0.6 is 0 Å². The molecule has 3 rings (SSSR count). The third kappa shape index (κ3) is 4.78. The molecule has 1 atom stereocenters. The van der Waals surface area contributed by atoms with Gasteiger partial charge >= 0.3 is 0 Å². The second-order valence-electron chi connectivity index (χ2n) is 6.23. The molecule has 1 aromatic heterocycles. The van der Waals surface area contributed by atoms with Crippen molar-refractivity contribution < 1.29 is 0 Å². The SMILES string of the molecule is CC(Nc1nncc(NCCC2=CCCCC2)n1)c1ccccc1. The number of aromatic nitrogens is 3. The van der Waals surface area contributed by atoms with Gasteiger partial charge in [-0.05, 0) is 44.6 Å². The number of hydrogen-bond donors (Lipinski definition) is 2. The van der Waals surface area contributed by atoms with Crippen LogP contribution in [-0.4, -0.2) is 21.7 Å². The molecular formula is C19H25N5. The normalized spacial score (nSPS) is 15.5. The highest BCUT2D eigenvalue weighted by atomic mass is 15.3. The Morgan fingerprint density at radius 1 is 1.17 bits per heavy atom. The van der Waals surface area contributed by atoms with Crippen LogP contribution in [-0.2, 0) is 0 Å². The molecule has 1 unspecified atom stereocenters. The van der Waals surface area contributed by atoms with Crippen molar-refractivity contribution in [3.05, 3.63) is 53.7 Å². The molecule has 2 aromatic rings. The zero-order chi connectivity index (χ0) is 16.6. The quantitative estimate of drug-likeness (QED) is 0.742. The van der Waals surface area contributed by atoms with Crippen LogP contribution in [0.4, 0.5) is 11.8 Å². The fourth-order valence-corrected chi connectivity index (χ4v) is 2.95. The van der Waals surface area contributed by atoms with Gasteiger partial charge in [0.1, 0.15) is 0 Å². The van der Waals surface area contributed by atoms with Crippen LogP contribution in [0.5, 0.6) is 0 Å². The average molecular weight is 323 g/mol. The van der Waals surface area contributed by atoms with E-state index < -0.39 is 0 Å². The van der Waals surface area contributed by atoms with Gasteiger partial charge in [0.2, 0.25) is 5.95 Å². The number of nitrogens with zero attached hydrogens (tertiary/aromatic N) is 3. The second-order valence-corrected chi connectivity index (χ2v) is 6.23. The number of rotatable bonds is 7. The summed E-state index contributed by atoms with van der Waals surface area (Å²) in [7, 11) is 0. The summed E-state index contributed by atoms with van der Waals surface area (Å²) in [6.07, 6.45) is 10.3. The predicted octanol–water partition coefficient (Wildman–Crippen LogP) is 4.35. The fourth-order valence-electron chi connectivity index (χ4n) is 2.95. The summed E-state index contributed by atoms with van der Waals surface area (Å²) < 4.78 is 0. The second kappa shape index (κ2) is 8.43. The molecule has 0 fully saturated rings. The van der Waals surface area contributed by atoms with Crippen LogP contribution < -0.4 is 10.6 Å². The first-order valence-corrected chi connectivity index (χ1v) is 8.74. The van der Waals surface area contributed by atoms with Crippen molar-refractivity contribution in [2.24, 2.45) is 0 Å². The van der Waals surface area contributed by atoms with Gasteiger partial charge in [-0.25, -0.2) is 0 Å². The van der Waals surface area contributed by atoms with Crippen molar-refractivity contribution in [2.45, 2.75) is 45.1 Å². The minimum Gasteiger partial charge on any atom is -0.368 e. The molecule has 0 spiro atoms. The highest BCUT2D eigenvalue weighted by Gasteiger charge is 2.08. The molecule has 0 saturated carbocycles.